The fraction of sp³-hybridized carbons (Fsp3) is 0.176. The van der Waals surface area contributed by atoms with Gasteiger partial charge in [0.25, 0.3) is 0 Å². The van der Waals surface area contributed by atoms with E-state index in [4.69, 9.17) is 27.9 Å². The van der Waals surface area contributed by atoms with Gasteiger partial charge in [0.05, 0.1) is 5.02 Å². The highest BCUT2D eigenvalue weighted by atomic mass is 35.5. The van der Waals surface area contributed by atoms with E-state index in [0.717, 1.165) is 5.56 Å². The molecule has 0 saturated carbocycles. The van der Waals surface area contributed by atoms with Crippen LogP contribution in [0.5, 0.6) is 0 Å². The van der Waals surface area contributed by atoms with E-state index in [1.165, 1.54) is 12.1 Å². The average Bonchev–Trinajstić information content (AvgIpc) is 2.54. The van der Waals surface area contributed by atoms with Gasteiger partial charge in [-0.05, 0) is 30.2 Å². The molecule has 5 heteroatoms. The monoisotopic (exact) mass is 336 g/mol. The van der Waals surface area contributed by atoms with Gasteiger partial charge in [-0.3, -0.25) is 9.59 Å². The summed E-state index contributed by atoms with van der Waals surface area (Å²) < 4.78 is 4.98. The van der Waals surface area contributed by atoms with Gasteiger partial charge in [-0.25, -0.2) is 0 Å². The SMILES string of the molecule is O=C(CCc1ccccc1)OCC(=O)c1cc(Cl)ccc1Cl. The molecule has 0 atom stereocenters. The maximum absolute atomic E-state index is 12.0. The van der Waals surface area contributed by atoms with Crippen LogP contribution in [0.15, 0.2) is 48.5 Å². The smallest absolute Gasteiger partial charge is 0.306 e. The normalized spacial score (nSPS) is 10.3. The molecule has 114 valence electrons. The third kappa shape index (κ3) is 4.86. The van der Waals surface area contributed by atoms with Crippen molar-refractivity contribution in [2.45, 2.75) is 12.8 Å². The molecule has 2 aromatic rings. The Balaban J connectivity index is 1.83. The number of Topliss-reactive ketones (excluding diaryl/α,β-unsaturated/α-hetero) is 1. The lowest BCUT2D eigenvalue weighted by Crippen LogP contribution is -2.15. The minimum absolute atomic E-state index is 0.223. The van der Waals surface area contributed by atoms with Crippen LogP contribution in [0.3, 0.4) is 0 Å². The molecule has 0 N–H and O–H groups in total. The topological polar surface area (TPSA) is 43.4 Å². The molecular formula is C17H14Cl2O3. The van der Waals surface area contributed by atoms with E-state index in [0.29, 0.717) is 11.4 Å². The number of aryl methyl sites for hydroxylation is 1. The van der Waals surface area contributed by atoms with Crippen molar-refractivity contribution >= 4 is 35.0 Å². The number of rotatable bonds is 6. The van der Waals surface area contributed by atoms with Gasteiger partial charge in [0.15, 0.2) is 6.61 Å². The van der Waals surface area contributed by atoms with Gasteiger partial charge in [-0.1, -0.05) is 53.5 Å². The Morgan fingerprint density at radius 1 is 1.00 bits per heavy atom. The summed E-state index contributed by atoms with van der Waals surface area (Å²) in [6.45, 7) is -0.340. The van der Waals surface area contributed by atoms with Gasteiger partial charge >= 0.3 is 5.97 Å². The lowest BCUT2D eigenvalue weighted by molar-refractivity contribution is -0.142. The number of ketones is 1. The van der Waals surface area contributed by atoms with Crippen LogP contribution in [0, 0.1) is 0 Å². The zero-order valence-corrected chi connectivity index (χ0v) is 13.2. The Hall–Kier alpha value is -1.84. The third-order valence-corrected chi connectivity index (χ3v) is 3.62. The molecule has 0 aliphatic rings. The van der Waals surface area contributed by atoms with Crippen LogP contribution in [-0.4, -0.2) is 18.4 Å². The molecule has 2 aromatic carbocycles. The fourth-order valence-corrected chi connectivity index (χ4v) is 2.29. The highest BCUT2D eigenvalue weighted by Crippen LogP contribution is 2.21. The summed E-state index contributed by atoms with van der Waals surface area (Å²) in [6, 6.07) is 14.2. The Bertz CT molecular complexity index is 669. The van der Waals surface area contributed by atoms with E-state index >= 15 is 0 Å². The van der Waals surface area contributed by atoms with Crippen molar-refractivity contribution in [1.29, 1.82) is 0 Å². The number of carbonyl (C=O) groups excluding carboxylic acids is 2. The van der Waals surface area contributed by atoms with Gasteiger partial charge in [0.1, 0.15) is 0 Å². The molecule has 0 aliphatic carbocycles. The molecule has 0 unspecified atom stereocenters. The molecular weight excluding hydrogens is 323 g/mol. The van der Waals surface area contributed by atoms with Gasteiger partial charge in [-0.15, -0.1) is 0 Å². The van der Waals surface area contributed by atoms with Gasteiger partial charge in [0.2, 0.25) is 5.78 Å². The molecule has 0 fully saturated rings. The van der Waals surface area contributed by atoms with Crippen LogP contribution in [0.2, 0.25) is 10.0 Å². The summed E-state index contributed by atoms with van der Waals surface area (Å²) in [5, 5.41) is 0.692. The largest absolute Gasteiger partial charge is 0.457 e. The molecule has 0 bridgehead atoms. The molecule has 0 aliphatic heterocycles. The van der Waals surface area contributed by atoms with E-state index in [1.54, 1.807) is 6.07 Å². The molecule has 0 amide bonds. The number of halogens is 2. The molecule has 0 radical (unpaired) electrons. The highest BCUT2D eigenvalue weighted by molar-refractivity contribution is 6.36. The van der Waals surface area contributed by atoms with E-state index < -0.39 is 5.97 Å². The van der Waals surface area contributed by atoms with E-state index in [9.17, 15) is 9.59 Å². The second-order valence-corrected chi connectivity index (χ2v) is 5.54. The van der Waals surface area contributed by atoms with E-state index in [1.807, 2.05) is 30.3 Å². The predicted octanol–water partition coefficient (Wildman–Crippen LogP) is 4.35. The van der Waals surface area contributed by atoms with Crippen LogP contribution < -0.4 is 0 Å². The average molecular weight is 337 g/mol. The first-order chi connectivity index (χ1) is 10.6. The van der Waals surface area contributed by atoms with Crippen LogP contribution in [-0.2, 0) is 16.0 Å². The number of carbonyl (C=O) groups is 2. The summed E-state index contributed by atoms with van der Waals surface area (Å²) >= 11 is 11.8. The Morgan fingerprint density at radius 2 is 1.73 bits per heavy atom. The Labute approximate surface area is 138 Å². The summed E-state index contributed by atoms with van der Waals surface area (Å²) in [5.74, 6) is -0.795. The molecule has 3 nitrogen and oxygen atoms in total. The van der Waals surface area contributed by atoms with Crippen LogP contribution >= 0.6 is 23.2 Å². The van der Waals surface area contributed by atoms with E-state index in [-0.39, 0.29) is 29.4 Å². The highest BCUT2D eigenvalue weighted by Gasteiger charge is 2.13. The second-order valence-electron chi connectivity index (χ2n) is 4.69. The summed E-state index contributed by atoms with van der Waals surface area (Å²) in [7, 11) is 0. The Kier molecular flexibility index (Phi) is 5.99. The first kappa shape index (κ1) is 16.5. The molecule has 2 rings (SSSR count). The molecule has 0 saturated heterocycles. The molecule has 22 heavy (non-hydrogen) atoms. The van der Waals surface area contributed by atoms with Crippen molar-refractivity contribution in [3.63, 3.8) is 0 Å². The summed E-state index contributed by atoms with van der Waals surface area (Å²) in [5.41, 5.74) is 1.30. The Morgan fingerprint density at radius 3 is 2.45 bits per heavy atom. The zero-order chi connectivity index (χ0) is 15.9. The van der Waals surface area contributed by atoms with Crippen molar-refractivity contribution in [1.82, 2.24) is 0 Å². The minimum Gasteiger partial charge on any atom is -0.457 e. The van der Waals surface area contributed by atoms with Crippen molar-refractivity contribution in [3.8, 4) is 0 Å². The van der Waals surface area contributed by atoms with Crippen molar-refractivity contribution in [3.05, 3.63) is 69.7 Å². The second kappa shape index (κ2) is 7.97. The van der Waals surface area contributed by atoms with E-state index in [2.05, 4.69) is 0 Å². The van der Waals surface area contributed by atoms with Gasteiger partial charge in [-0.2, -0.15) is 0 Å². The number of hydrogen-bond acceptors (Lipinski definition) is 3. The molecule has 0 heterocycles. The summed E-state index contributed by atoms with van der Waals surface area (Å²) in [4.78, 5) is 23.6. The van der Waals surface area contributed by atoms with Gasteiger partial charge < -0.3 is 4.74 Å². The summed E-state index contributed by atoms with van der Waals surface area (Å²) in [6.07, 6.45) is 0.798. The van der Waals surface area contributed by atoms with Gasteiger partial charge in [0, 0.05) is 17.0 Å². The first-order valence-electron chi connectivity index (χ1n) is 6.74. The van der Waals surface area contributed by atoms with Crippen LogP contribution in [0.1, 0.15) is 22.3 Å². The standard InChI is InChI=1S/C17H14Cl2O3/c18-13-7-8-15(19)14(10-13)16(20)11-22-17(21)9-6-12-4-2-1-3-5-12/h1-5,7-8,10H,6,9,11H2. The third-order valence-electron chi connectivity index (χ3n) is 3.05. The zero-order valence-electron chi connectivity index (χ0n) is 11.7. The van der Waals surface area contributed by atoms with Crippen LogP contribution in [0.25, 0.3) is 0 Å². The van der Waals surface area contributed by atoms with Crippen molar-refractivity contribution in [2.75, 3.05) is 6.61 Å². The van der Waals surface area contributed by atoms with Crippen LogP contribution in [0.4, 0.5) is 0 Å². The number of hydrogen-bond donors (Lipinski definition) is 0. The number of ether oxygens (including phenoxy) is 1. The lowest BCUT2D eigenvalue weighted by atomic mass is 10.1. The van der Waals surface area contributed by atoms with Crippen molar-refractivity contribution in [2.24, 2.45) is 0 Å². The number of esters is 1. The first-order valence-corrected chi connectivity index (χ1v) is 7.49. The quantitative estimate of drug-likeness (QED) is 0.581. The van der Waals surface area contributed by atoms with Crippen molar-refractivity contribution < 1.29 is 14.3 Å². The number of benzene rings is 2. The maximum Gasteiger partial charge on any atom is 0.306 e. The minimum atomic E-state index is -0.421. The fourth-order valence-electron chi connectivity index (χ4n) is 1.90. The maximum atomic E-state index is 12.0. The predicted molar refractivity (Wildman–Crippen MR) is 86.5 cm³/mol. The molecule has 0 spiro atoms. The molecule has 0 aromatic heterocycles. The lowest BCUT2D eigenvalue weighted by Gasteiger charge is -2.06.